The van der Waals surface area contributed by atoms with Crippen molar-refractivity contribution in [3.63, 3.8) is 0 Å². The quantitative estimate of drug-likeness (QED) is 0.634. The van der Waals surface area contributed by atoms with E-state index in [1.807, 2.05) is 19.9 Å². The molecule has 1 aliphatic heterocycles. The summed E-state index contributed by atoms with van der Waals surface area (Å²) in [6.07, 6.45) is 5.34. The first-order valence-electron chi connectivity index (χ1n) is 7.44. The van der Waals surface area contributed by atoms with E-state index in [2.05, 4.69) is 15.6 Å². The van der Waals surface area contributed by atoms with Crippen molar-refractivity contribution in [1.29, 1.82) is 5.26 Å². The van der Waals surface area contributed by atoms with Crippen molar-refractivity contribution in [3.8, 4) is 6.19 Å². The Morgan fingerprint density at radius 3 is 2.65 bits per heavy atom. The summed E-state index contributed by atoms with van der Waals surface area (Å²) < 4.78 is 25.1. The Morgan fingerprint density at radius 1 is 1.35 bits per heavy atom. The van der Waals surface area contributed by atoms with Crippen LogP contribution in [0.3, 0.4) is 0 Å². The Labute approximate surface area is 136 Å². The number of benzene rings is 1. The molecule has 0 spiro atoms. The maximum atomic E-state index is 12.5. The van der Waals surface area contributed by atoms with Crippen LogP contribution in [0.15, 0.2) is 45.9 Å². The Hall–Kier alpha value is -2.33. The number of nitrogens with zero attached hydrogens (tertiary/aromatic N) is 2. The van der Waals surface area contributed by atoms with Gasteiger partial charge in [-0.15, -0.1) is 0 Å². The second-order valence-corrected chi connectivity index (χ2v) is 7.45. The lowest BCUT2D eigenvalue weighted by Crippen LogP contribution is -2.40. The zero-order valence-corrected chi connectivity index (χ0v) is 14.0. The van der Waals surface area contributed by atoms with Gasteiger partial charge < -0.3 is 5.32 Å². The number of aryl methyl sites for hydroxylation is 1. The van der Waals surface area contributed by atoms with Gasteiger partial charge in [-0.3, -0.25) is 5.32 Å². The predicted octanol–water partition coefficient (Wildman–Crippen LogP) is 1.85. The molecule has 0 saturated carbocycles. The molecule has 1 unspecified atom stereocenters. The standard InChI is InChI=1S/C16H20N4O2S/c1-3-4-13-9-14(20-16(19-13)18-11-17)10-23(21,22)15-7-5-12(2)6-8-15/h5-9,13H,3-4,10H2,1-2H3,(H2,18,19,20). The van der Waals surface area contributed by atoms with Crippen molar-refractivity contribution in [1.82, 2.24) is 10.6 Å². The molecule has 1 aromatic rings. The summed E-state index contributed by atoms with van der Waals surface area (Å²) in [4.78, 5) is 4.61. The van der Waals surface area contributed by atoms with Crippen molar-refractivity contribution in [2.75, 3.05) is 5.75 Å². The minimum atomic E-state index is -3.45. The lowest BCUT2D eigenvalue weighted by Gasteiger charge is -2.21. The molecule has 1 aromatic carbocycles. The van der Waals surface area contributed by atoms with Crippen LogP contribution in [0.2, 0.25) is 0 Å². The third-order valence-corrected chi connectivity index (χ3v) is 5.13. The molecule has 6 nitrogen and oxygen atoms in total. The first-order valence-corrected chi connectivity index (χ1v) is 9.10. The van der Waals surface area contributed by atoms with Crippen LogP contribution < -0.4 is 10.6 Å². The maximum Gasteiger partial charge on any atom is 0.209 e. The van der Waals surface area contributed by atoms with E-state index in [0.717, 1.165) is 18.4 Å². The summed E-state index contributed by atoms with van der Waals surface area (Å²) in [5, 5.41) is 14.1. The fourth-order valence-corrected chi connectivity index (χ4v) is 3.63. The van der Waals surface area contributed by atoms with Crippen LogP contribution in [-0.2, 0) is 9.84 Å². The third kappa shape index (κ3) is 4.57. The molecule has 2 N–H and O–H groups in total. The van der Waals surface area contributed by atoms with Crippen molar-refractivity contribution >= 4 is 15.8 Å². The number of nitrogens with one attached hydrogen (secondary N) is 2. The second kappa shape index (κ2) is 7.29. The lowest BCUT2D eigenvalue weighted by molar-refractivity contribution is 0.596. The first-order chi connectivity index (χ1) is 10.9. The van der Waals surface area contributed by atoms with Gasteiger partial charge in [0.05, 0.1) is 16.7 Å². The van der Waals surface area contributed by atoms with Gasteiger partial charge >= 0.3 is 0 Å². The van der Waals surface area contributed by atoms with Gasteiger partial charge in [-0.2, -0.15) is 5.26 Å². The fourth-order valence-electron chi connectivity index (χ4n) is 2.34. The SMILES string of the molecule is CCCC1C=C(CS(=O)(=O)c2ccc(C)cc2)NC(NC#N)=N1. The number of hydrogen-bond donors (Lipinski definition) is 2. The monoisotopic (exact) mass is 332 g/mol. The van der Waals surface area contributed by atoms with E-state index in [0.29, 0.717) is 11.7 Å². The topological polar surface area (TPSA) is 94.4 Å². The van der Waals surface area contributed by atoms with E-state index in [-0.39, 0.29) is 16.7 Å². The normalized spacial score (nSPS) is 17.5. The highest BCUT2D eigenvalue weighted by molar-refractivity contribution is 7.91. The molecule has 0 amide bonds. The smallest absolute Gasteiger partial charge is 0.209 e. The molecule has 7 heteroatoms. The largest absolute Gasteiger partial charge is 0.328 e. The summed E-state index contributed by atoms with van der Waals surface area (Å²) in [7, 11) is -3.45. The van der Waals surface area contributed by atoms with Crippen LogP contribution in [0.4, 0.5) is 0 Å². The Balaban J connectivity index is 2.20. The summed E-state index contributed by atoms with van der Waals surface area (Å²) in [6, 6.07) is 6.65. The molecule has 0 radical (unpaired) electrons. The molecule has 1 aliphatic rings. The highest BCUT2D eigenvalue weighted by Crippen LogP contribution is 2.17. The fraction of sp³-hybridized carbons (Fsp3) is 0.375. The Morgan fingerprint density at radius 2 is 2.04 bits per heavy atom. The van der Waals surface area contributed by atoms with Gasteiger partial charge in [0.25, 0.3) is 0 Å². The summed E-state index contributed by atoms with van der Waals surface area (Å²) in [5.41, 5.74) is 1.55. The highest BCUT2D eigenvalue weighted by atomic mass is 32.2. The number of guanidine groups is 1. The Kier molecular flexibility index (Phi) is 5.40. The average molecular weight is 332 g/mol. The minimum Gasteiger partial charge on any atom is -0.328 e. The predicted molar refractivity (Wildman–Crippen MR) is 89.3 cm³/mol. The molecule has 0 bridgehead atoms. The van der Waals surface area contributed by atoms with Gasteiger partial charge in [0.2, 0.25) is 5.96 Å². The number of nitriles is 1. The van der Waals surface area contributed by atoms with E-state index in [4.69, 9.17) is 5.26 Å². The molecule has 0 aliphatic carbocycles. The number of rotatable bonds is 5. The van der Waals surface area contributed by atoms with E-state index in [1.165, 1.54) is 0 Å². The van der Waals surface area contributed by atoms with Gasteiger partial charge in [0.1, 0.15) is 0 Å². The molecule has 2 rings (SSSR count). The molecular weight excluding hydrogens is 312 g/mol. The van der Waals surface area contributed by atoms with Gasteiger partial charge in [-0.05, 0) is 31.6 Å². The zero-order valence-electron chi connectivity index (χ0n) is 13.2. The first kappa shape index (κ1) is 17.0. The van der Waals surface area contributed by atoms with Crippen molar-refractivity contribution in [2.24, 2.45) is 4.99 Å². The molecule has 23 heavy (non-hydrogen) atoms. The third-order valence-electron chi connectivity index (χ3n) is 3.45. The minimum absolute atomic E-state index is 0.125. The molecule has 122 valence electrons. The average Bonchev–Trinajstić information content (AvgIpc) is 2.47. The van der Waals surface area contributed by atoms with Gasteiger partial charge in [-0.25, -0.2) is 13.4 Å². The van der Waals surface area contributed by atoms with E-state index < -0.39 is 9.84 Å². The van der Waals surface area contributed by atoms with Gasteiger partial charge in [0, 0.05) is 5.70 Å². The maximum absolute atomic E-state index is 12.5. The highest BCUT2D eigenvalue weighted by Gasteiger charge is 2.21. The molecule has 0 saturated heterocycles. The summed E-state index contributed by atoms with van der Waals surface area (Å²) in [5.74, 6) is 0.144. The van der Waals surface area contributed by atoms with Gasteiger partial charge in [0.15, 0.2) is 16.0 Å². The summed E-state index contributed by atoms with van der Waals surface area (Å²) >= 11 is 0. The van der Waals surface area contributed by atoms with E-state index in [1.54, 1.807) is 30.5 Å². The molecule has 1 heterocycles. The number of hydrogen-bond acceptors (Lipinski definition) is 6. The van der Waals surface area contributed by atoms with Crippen LogP contribution in [0.25, 0.3) is 0 Å². The molecule has 0 aromatic heterocycles. The van der Waals surface area contributed by atoms with E-state index in [9.17, 15) is 8.42 Å². The lowest BCUT2D eigenvalue weighted by atomic mass is 10.1. The van der Waals surface area contributed by atoms with Gasteiger partial charge in [-0.1, -0.05) is 31.0 Å². The van der Waals surface area contributed by atoms with Crippen LogP contribution in [0.1, 0.15) is 25.3 Å². The molecule has 0 fully saturated rings. The summed E-state index contributed by atoms with van der Waals surface area (Å²) in [6.45, 7) is 3.94. The van der Waals surface area contributed by atoms with Crippen molar-refractivity contribution < 1.29 is 8.42 Å². The van der Waals surface area contributed by atoms with Crippen LogP contribution in [-0.4, -0.2) is 26.2 Å². The number of aliphatic imine (C=N–C) groups is 1. The van der Waals surface area contributed by atoms with Crippen LogP contribution in [0, 0.1) is 18.4 Å². The molecular formula is C16H20N4O2S. The van der Waals surface area contributed by atoms with Crippen molar-refractivity contribution in [2.45, 2.75) is 37.6 Å². The Bertz CT molecular complexity index is 758. The van der Waals surface area contributed by atoms with Crippen LogP contribution in [0.5, 0.6) is 0 Å². The van der Waals surface area contributed by atoms with E-state index >= 15 is 0 Å². The molecule has 1 atom stereocenters. The van der Waals surface area contributed by atoms with Crippen molar-refractivity contribution in [3.05, 3.63) is 41.6 Å². The van der Waals surface area contributed by atoms with Crippen LogP contribution >= 0.6 is 0 Å². The number of sulfone groups is 1. The zero-order chi connectivity index (χ0) is 16.9. The second-order valence-electron chi connectivity index (χ2n) is 5.46.